The van der Waals surface area contributed by atoms with E-state index in [4.69, 9.17) is 4.98 Å². The number of thiophene rings is 1. The first-order valence-corrected chi connectivity index (χ1v) is 14.7. The summed E-state index contributed by atoms with van der Waals surface area (Å²) in [5.74, 6) is 2.25. The summed E-state index contributed by atoms with van der Waals surface area (Å²) in [6, 6.07) is 23.4. The average Bonchev–Trinajstić information content (AvgIpc) is 3.58. The van der Waals surface area contributed by atoms with E-state index in [1.807, 2.05) is 29.7 Å². The Morgan fingerprint density at radius 1 is 0.811 bits per heavy atom. The van der Waals surface area contributed by atoms with Gasteiger partial charge in [-0.3, -0.25) is 4.98 Å². The molecule has 0 bridgehead atoms. The number of fused-ring (bicyclic) bond motifs is 3. The second-order valence-corrected chi connectivity index (χ2v) is 11.8. The van der Waals surface area contributed by atoms with E-state index in [1.54, 1.807) is 11.1 Å². The van der Waals surface area contributed by atoms with Crippen LogP contribution in [-0.2, 0) is 20.1 Å². The maximum atomic E-state index is 4.89. The van der Waals surface area contributed by atoms with Gasteiger partial charge in [0.25, 0.3) is 0 Å². The molecule has 2 saturated carbocycles. The Morgan fingerprint density at radius 3 is 2.30 bits per heavy atom. The molecule has 0 amide bonds. The fourth-order valence-corrected chi connectivity index (χ4v) is 8.18. The van der Waals surface area contributed by atoms with Crippen LogP contribution in [0.2, 0.25) is 0 Å². The summed E-state index contributed by atoms with van der Waals surface area (Å²) in [7, 11) is 0. The van der Waals surface area contributed by atoms with Crippen molar-refractivity contribution in [2.45, 2.75) is 76.0 Å². The van der Waals surface area contributed by atoms with Crippen LogP contribution >= 0.6 is 11.3 Å². The molecule has 3 aromatic carbocycles. The van der Waals surface area contributed by atoms with Gasteiger partial charge in [0.2, 0.25) is 0 Å². The summed E-state index contributed by atoms with van der Waals surface area (Å²) in [4.78, 5) is 4.89. The van der Waals surface area contributed by atoms with E-state index >= 15 is 0 Å². The van der Waals surface area contributed by atoms with Crippen molar-refractivity contribution >= 4 is 31.5 Å². The Labute approximate surface area is 237 Å². The molecule has 1 radical (unpaired) electrons. The topological polar surface area (TPSA) is 17.8 Å². The first kappa shape index (κ1) is 25.0. The monoisotopic (exact) mass is 682 g/mol. The molecule has 2 fully saturated rings. The molecular formula is C33H33IrN2S-. The van der Waals surface area contributed by atoms with Crippen LogP contribution in [0.15, 0.2) is 67.0 Å². The van der Waals surface area contributed by atoms with E-state index in [2.05, 4.69) is 59.3 Å². The van der Waals surface area contributed by atoms with E-state index in [0.717, 1.165) is 11.4 Å². The molecule has 4 heteroatoms. The molecule has 2 aliphatic rings. The zero-order chi connectivity index (χ0) is 23.9. The Bertz CT molecular complexity index is 1500. The number of rotatable bonds is 4. The van der Waals surface area contributed by atoms with E-state index in [0.29, 0.717) is 11.8 Å². The summed E-state index contributed by atoms with van der Waals surface area (Å²) in [5, 5.41) is 2.91. The predicted molar refractivity (Wildman–Crippen MR) is 152 cm³/mol. The van der Waals surface area contributed by atoms with Crippen LogP contribution in [0.3, 0.4) is 0 Å². The van der Waals surface area contributed by atoms with E-state index in [-0.39, 0.29) is 20.1 Å². The van der Waals surface area contributed by atoms with Crippen LogP contribution in [-0.4, -0.2) is 9.55 Å². The van der Waals surface area contributed by atoms with Crippen LogP contribution in [0.1, 0.15) is 87.2 Å². The minimum atomic E-state index is 0. The fourth-order valence-electron chi connectivity index (χ4n) is 6.87. The first-order valence-electron chi connectivity index (χ1n) is 13.9. The van der Waals surface area contributed by atoms with Gasteiger partial charge in [-0.2, -0.15) is 0 Å². The third-order valence-electron chi connectivity index (χ3n) is 8.60. The van der Waals surface area contributed by atoms with Gasteiger partial charge in [-0.25, -0.2) is 0 Å². The summed E-state index contributed by atoms with van der Waals surface area (Å²) in [5.41, 5.74) is 5.67. The van der Waals surface area contributed by atoms with Gasteiger partial charge in [0.05, 0.1) is 5.82 Å². The first-order chi connectivity index (χ1) is 17.9. The van der Waals surface area contributed by atoms with Crippen LogP contribution in [0.4, 0.5) is 0 Å². The molecule has 191 valence electrons. The van der Waals surface area contributed by atoms with Crippen molar-refractivity contribution in [3.05, 3.63) is 84.2 Å². The Hall–Kier alpha value is -2.26. The molecule has 0 atom stereocenters. The number of hydrogen-bond acceptors (Lipinski definition) is 2. The number of nitrogens with zero attached hydrogens (tertiary/aromatic N) is 2. The number of hydrogen-bond donors (Lipinski definition) is 0. The molecule has 0 aliphatic heterocycles. The van der Waals surface area contributed by atoms with Crippen LogP contribution in [0, 0.1) is 6.07 Å². The van der Waals surface area contributed by atoms with E-state index in [1.165, 1.54) is 90.1 Å². The van der Waals surface area contributed by atoms with Gasteiger partial charge in [0.1, 0.15) is 0 Å². The minimum Gasteiger partial charge on any atom is -0.339 e. The zero-order valence-corrected chi connectivity index (χ0v) is 24.4. The van der Waals surface area contributed by atoms with Gasteiger partial charge < -0.3 is 4.57 Å². The molecule has 2 aliphatic carbocycles. The molecule has 2 heterocycles. The Balaban J connectivity index is 0.00000252. The number of aromatic nitrogens is 2. The SMILES string of the molecule is [Ir].[c-]1ccccc1-c1nccn1-c1c(C2CCCCC2)cc2c(sc3ccccc32)c1C1CCCCC1. The molecule has 0 N–H and O–H groups in total. The summed E-state index contributed by atoms with van der Waals surface area (Å²) in [6.07, 6.45) is 17.5. The maximum Gasteiger partial charge on any atom is 0.0602 e. The molecule has 2 aromatic heterocycles. The van der Waals surface area contributed by atoms with Crippen molar-refractivity contribution in [2.24, 2.45) is 0 Å². The molecule has 2 nitrogen and oxygen atoms in total. The second-order valence-electron chi connectivity index (χ2n) is 10.8. The van der Waals surface area contributed by atoms with Crippen molar-refractivity contribution in [3.8, 4) is 17.1 Å². The van der Waals surface area contributed by atoms with Gasteiger partial charge in [-0.1, -0.05) is 56.7 Å². The van der Waals surface area contributed by atoms with Gasteiger partial charge in [-0.15, -0.1) is 47.2 Å². The van der Waals surface area contributed by atoms with Gasteiger partial charge >= 0.3 is 0 Å². The van der Waals surface area contributed by atoms with Crippen molar-refractivity contribution in [3.63, 3.8) is 0 Å². The molecule has 0 spiro atoms. The van der Waals surface area contributed by atoms with Crippen molar-refractivity contribution in [1.82, 2.24) is 9.55 Å². The molecule has 7 rings (SSSR count). The molecule has 37 heavy (non-hydrogen) atoms. The summed E-state index contributed by atoms with van der Waals surface area (Å²) in [6.45, 7) is 0. The largest absolute Gasteiger partial charge is 0.339 e. The number of benzene rings is 3. The normalized spacial score (nSPS) is 17.3. The molecule has 0 unspecified atom stereocenters. The second kappa shape index (κ2) is 10.8. The van der Waals surface area contributed by atoms with Crippen molar-refractivity contribution in [1.29, 1.82) is 0 Å². The number of imidazole rings is 1. The van der Waals surface area contributed by atoms with Crippen molar-refractivity contribution < 1.29 is 20.1 Å². The fraction of sp³-hybridized carbons (Fsp3) is 0.364. The van der Waals surface area contributed by atoms with E-state index < -0.39 is 0 Å². The molecular weight excluding hydrogens is 649 g/mol. The van der Waals surface area contributed by atoms with E-state index in [9.17, 15) is 0 Å². The Kier molecular flexibility index (Phi) is 7.34. The van der Waals surface area contributed by atoms with Gasteiger partial charge in [0, 0.05) is 58.4 Å². The average molecular weight is 682 g/mol. The van der Waals surface area contributed by atoms with Crippen LogP contribution < -0.4 is 0 Å². The predicted octanol–water partition coefficient (Wildman–Crippen LogP) is 9.80. The van der Waals surface area contributed by atoms with Gasteiger partial charge in [-0.05, 0) is 60.8 Å². The molecule has 0 saturated heterocycles. The minimum absolute atomic E-state index is 0. The maximum absolute atomic E-state index is 4.89. The third kappa shape index (κ3) is 4.52. The smallest absolute Gasteiger partial charge is 0.0602 e. The standard InChI is InChI=1S/C33H33N2S.Ir/c1-4-12-23(13-5-1)27-22-28-26-18-10-11-19-29(26)36-32(28)30(24-14-6-2-7-15-24)31(27)35-21-20-34-33(35)25-16-8-3-9-17-25;/h3,8-11,16,18-24H,1-2,4-7,12-15H2;/q-1;. The third-order valence-corrected chi connectivity index (χ3v) is 9.82. The Morgan fingerprint density at radius 2 is 1.54 bits per heavy atom. The zero-order valence-electron chi connectivity index (χ0n) is 21.2. The quantitative estimate of drug-likeness (QED) is 0.173. The molecule has 5 aromatic rings. The van der Waals surface area contributed by atoms with Crippen molar-refractivity contribution in [2.75, 3.05) is 0 Å². The van der Waals surface area contributed by atoms with Crippen LogP contribution in [0.25, 0.3) is 37.2 Å². The summed E-state index contributed by atoms with van der Waals surface area (Å²) >= 11 is 2.01. The van der Waals surface area contributed by atoms with Crippen LogP contribution in [0.5, 0.6) is 0 Å². The van der Waals surface area contributed by atoms with Gasteiger partial charge in [0.15, 0.2) is 0 Å². The summed E-state index contributed by atoms with van der Waals surface area (Å²) < 4.78 is 5.36.